The Morgan fingerprint density at radius 3 is 2.81 bits per heavy atom. The summed E-state index contributed by atoms with van der Waals surface area (Å²) in [6.45, 7) is 6.57. The molecule has 2 aliphatic rings. The van der Waals surface area contributed by atoms with Crippen LogP contribution in [0.5, 0.6) is 0 Å². The van der Waals surface area contributed by atoms with Crippen LogP contribution in [0.25, 0.3) is 11.0 Å². The first-order valence-electron chi connectivity index (χ1n) is 9.44. The van der Waals surface area contributed by atoms with Crippen LogP contribution in [0.4, 0.5) is 15.3 Å². The molecule has 1 N–H and O–H groups in total. The number of nitrogens with zero attached hydrogens (tertiary/aromatic N) is 4. The van der Waals surface area contributed by atoms with E-state index < -0.39 is 5.60 Å². The third-order valence-corrected chi connectivity index (χ3v) is 5.46. The lowest BCUT2D eigenvalue weighted by atomic mass is 10.0. The van der Waals surface area contributed by atoms with Crippen molar-refractivity contribution in [2.75, 3.05) is 32.0 Å². The van der Waals surface area contributed by atoms with Gasteiger partial charge in [0.15, 0.2) is 5.60 Å². The Labute approximate surface area is 158 Å². The van der Waals surface area contributed by atoms with Crippen LogP contribution < -0.4 is 5.32 Å². The number of likely N-dealkylation sites (N-methyl/N-ethyl adjacent to an activating group) is 1. The molecule has 0 aliphatic carbocycles. The molecule has 3 heterocycles. The normalized spacial score (nSPS) is 22.1. The molecule has 4 rings (SSSR count). The van der Waals surface area contributed by atoms with Gasteiger partial charge in [0.2, 0.25) is 0 Å². The molecule has 27 heavy (non-hydrogen) atoms. The molecule has 1 aromatic carbocycles. The lowest BCUT2D eigenvalue weighted by molar-refractivity contribution is 0.0663. The number of urea groups is 1. The Hall–Kier alpha value is -2.77. The highest BCUT2D eigenvalue weighted by Gasteiger charge is 2.49. The molecule has 8 nitrogen and oxygen atoms in total. The molecule has 0 bridgehead atoms. The van der Waals surface area contributed by atoms with Gasteiger partial charge in [-0.25, -0.2) is 14.6 Å². The third-order valence-electron chi connectivity index (χ3n) is 5.46. The number of aryl methyl sites for hydroxylation is 2. The molecule has 2 aromatic rings. The Kier molecular flexibility index (Phi) is 4.20. The summed E-state index contributed by atoms with van der Waals surface area (Å²) >= 11 is 0. The molecule has 2 fully saturated rings. The van der Waals surface area contributed by atoms with E-state index >= 15 is 0 Å². The van der Waals surface area contributed by atoms with E-state index in [1.165, 1.54) is 0 Å². The number of carbonyl (C=O) groups is 2. The highest BCUT2D eigenvalue weighted by molar-refractivity contribution is 5.92. The topological polar surface area (TPSA) is 79.7 Å². The summed E-state index contributed by atoms with van der Waals surface area (Å²) in [7, 11) is 1.72. The minimum Gasteiger partial charge on any atom is -0.439 e. The first kappa shape index (κ1) is 17.6. The standard InChI is InChI=1S/C19H25N5O3/c1-4-16-21-14-10-13(6-7-15(14)24(16)5-2)20-17(25)23-9-8-19(12-23)11-22(3)18(26)27-19/h6-7,10H,4-5,8-9,11-12H2,1-3H3,(H,20,25). The molecule has 1 aromatic heterocycles. The van der Waals surface area contributed by atoms with Crippen molar-refractivity contribution in [3.05, 3.63) is 24.0 Å². The summed E-state index contributed by atoms with van der Waals surface area (Å²) in [4.78, 5) is 32.3. The fourth-order valence-corrected chi connectivity index (χ4v) is 4.11. The van der Waals surface area contributed by atoms with Crippen LogP contribution in [0.1, 0.15) is 26.1 Å². The Balaban J connectivity index is 1.48. The van der Waals surface area contributed by atoms with Crippen molar-refractivity contribution in [2.45, 2.75) is 38.8 Å². The number of likely N-dealkylation sites (tertiary alicyclic amines) is 1. The number of amides is 3. The van der Waals surface area contributed by atoms with E-state index in [1.807, 2.05) is 18.2 Å². The van der Waals surface area contributed by atoms with Crippen molar-refractivity contribution in [1.82, 2.24) is 19.4 Å². The van der Waals surface area contributed by atoms with E-state index in [0.29, 0.717) is 26.1 Å². The molecule has 8 heteroatoms. The number of hydrogen-bond acceptors (Lipinski definition) is 4. The number of fused-ring (bicyclic) bond motifs is 1. The lowest BCUT2D eigenvalue weighted by Crippen LogP contribution is -2.40. The van der Waals surface area contributed by atoms with Crippen LogP contribution in [0.15, 0.2) is 18.2 Å². The summed E-state index contributed by atoms with van der Waals surface area (Å²) in [6, 6.07) is 5.64. The number of carbonyl (C=O) groups excluding carboxylic acids is 2. The maximum atomic E-state index is 12.7. The van der Waals surface area contributed by atoms with E-state index in [-0.39, 0.29) is 12.1 Å². The molecule has 144 valence electrons. The number of anilines is 1. The summed E-state index contributed by atoms with van der Waals surface area (Å²) in [5.41, 5.74) is 2.12. The number of aromatic nitrogens is 2. The SMILES string of the molecule is CCc1nc2cc(NC(=O)N3CCC4(CN(C)C(=O)O4)C3)ccc2n1CC. The van der Waals surface area contributed by atoms with Crippen LogP contribution in [0, 0.1) is 0 Å². The maximum Gasteiger partial charge on any atom is 0.410 e. The number of imidazole rings is 1. The molecule has 0 saturated carbocycles. The van der Waals surface area contributed by atoms with Crippen molar-refractivity contribution in [3.8, 4) is 0 Å². The largest absolute Gasteiger partial charge is 0.439 e. The van der Waals surface area contributed by atoms with Gasteiger partial charge in [-0.2, -0.15) is 0 Å². The van der Waals surface area contributed by atoms with E-state index in [2.05, 4.69) is 28.7 Å². The smallest absolute Gasteiger partial charge is 0.410 e. The monoisotopic (exact) mass is 371 g/mol. The Morgan fingerprint density at radius 1 is 1.33 bits per heavy atom. The van der Waals surface area contributed by atoms with Gasteiger partial charge in [-0.15, -0.1) is 0 Å². The molecular formula is C19H25N5O3. The summed E-state index contributed by atoms with van der Waals surface area (Å²) in [6.07, 6.45) is 1.21. The molecule has 1 atom stereocenters. The molecule has 0 radical (unpaired) electrons. The average molecular weight is 371 g/mol. The summed E-state index contributed by atoms with van der Waals surface area (Å²) in [5.74, 6) is 1.05. The van der Waals surface area contributed by atoms with E-state index in [1.54, 1.807) is 16.8 Å². The molecule has 1 unspecified atom stereocenters. The fraction of sp³-hybridized carbons (Fsp3) is 0.526. The zero-order valence-corrected chi connectivity index (χ0v) is 16.0. The van der Waals surface area contributed by atoms with Crippen LogP contribution in [0.2, 0.25) is 0 Å². The van der Waals surface area contributed by atoms with Crippen LogP contribution in [-0.4, -0.2) is 63.8 Å². The number of rotatable bonds is 3. The highest BCUT2D eigenvalue weighted by Crippen LogP contribution is 2.32. The second kappa shape index (κ2) is 6.44. The van der Waals surface area contributed by atoms with Crippen molar-refractivity contribution >= 4 is 28.8 Å². The molecule has 1 spiro atoms. The van der Waals surface area contributed by atoms with E-state index in [4.69, 9.17) is 4.74 Å². The minimum atomic E-state index is -0.566. The van der Waals surface area contributed by atoms with Gasteiger partial charge in [0.25, 0.3) is 0 Å². The first-order chi connectivity index (χ1) is 12.9. The van der Waals surface area contributed by atoms with E-state index in [0.717, 1.165) is 35.5 Å². The maximum absolute atomic E-state index is 12.7. The molecule has 3 amide bonds. The van der Waals surface area contributed by atoms with Gasteiger partial charge < -0.3 is 24.4 Å². The second-order valence-electron chi connectivity index (χ2n) is 7.34. The van der Waals surface area contributed by atoms with Gasteiger partial charge in [-0.3, -0.25) is 0 Å². The quantitative estimate of drug-likeness (QED) is 0.900. The predicted molar refractivity (Wildman–Crippen MR) is 102 cm³/mol. The van der Waals surface area contributed by atoms with Gasteiger partial charge in [-0.05, 0) is 25.1 Å². The van der Waals surface area contributed by atoms with Gasteiger partial charge in [-0.1, -0.05) is 6.92 Å². The number of ether oxygens (including phenoxy) is 1. The van der Waals surface area contributed by atoms with E-state index in [9.17, 15) is 9.59 Å². The van der Waals surface area contributed by atoms with Gasteiger partial charge >= 0.3 is 12.1 Å². The molecular weight excluding hydrogens is 346 g/mol. The highest BCUT2D eigenvalue weighted by atomic mass is 16.6. The predicted octanol–water partition coefficient (Wildman–Crippen LogP) is 2.68. The third kappa shape index (κ3) is 2.98. The minimum absolute atomic E-state index is 0.178. The first-order valence-corrected chi connectivity index (χ1v) is 9.44. The van der Waals surface area contributed by atoms with Crippen molar-refractivity contribution in [1.29, 1.82) is 0 Å². The lowest BCUT2D eigenvalue weighted by Gasteiger charge is -2.22. The fourth-order valence-electron chi connectivity index (χ4n) is 4.11. The van der Waals surface area contributed by atoms with Crippen molar-refractivity contribution in [3.63, 3.8) is 0 Å². The van der Waals surface area contributed by atoms with Crippen molar-refractivity contribution < 1.29 is 14.3 Å². The average Bonchev–Trinajstić information content (AvgIpc) is 3.29. The van der Waals surface area contributed by atoms with Crippen LogP contribution in [0.3, 0.4) is 0 Å². The van der Waals surface area contributed by atoms with Gasteiger partial charge in [0.05, 0.1) is 24.1 Å². The molecule has 2 saturated heterocycles. The van der Waals surface area contributed by atoms with Gasteiger partial charge in [0, 0.05) is 38.7 Å². The van der Waals surface area contributed by atoms with Crippen LogP contribution >= 0.6 is 0 Å². The second-order valence-corrected chi connectivity index (χ2v) is 7.34. The molecule has 2 aliphatic heterocycles. The summed E-state index contributed by atoms with van der Waals surface area (Å²) in [5, 5.41) is 2.95. The van der Waals surface area contributed by atoms with Crippen molar-refractivity contribution in [2.24, 2.45) is 0 Å². The zero-order chi connectivity index (χ0) is 19.2. The van der Waals surface area contributed by atoms with Crippen LogP contribution in [-0.2, 0) is 17.7 Å². The summed E-state index contributed by atoms with van der Waals surface area (Å²) < 4.78 is 7.69. The zero-order valence-electron chi connectivity index (χ0n) is 16.0. The Morgan fingerprint density at radius 2 is 2.15 bits per heavy atom. The Bertz CT molecular complexity index is 908. The number of nitrogens with one attached hydrogen (secondary N) is 1. The number of benzene rings is 1. The number of hydrogen-bond donors (Lipinski definition) is 1. The van der Waals surface area contributed by atoms with Gasteiger partial charge in [0.1, 0.15) is 5.82 Å².